The Morgan fingerprint density at radius 3 is 2.36 bits per heavy atom. The minimum atomic E-state index is -2.96. The van der Waals surface area contributed by atoms with Crippen molar-refractivity contribution in [3.63, 3.8) is 0 Å². The lowest BCUT2D eigenvalue weighted by Gasteiger charge is -2.18. The monoisotopic (exact) mass is 349 g/mol. The number of amides is 1. The van der Waals surface area contributed by atoms with Gasteiger partial charge in [-0.3, -0.25) is 4.79 Å². The van der Waals surface area contributed by atoms with Crippen molar-refractivity contribution in [2.24, 2.45) is 0 Å². The average molecular weight is 349 g/mol. The quantitative estimate of drug-likeness (QED) is 0.801. The third-order valence-electron chi connectivity index (χ3n) is 3.84. The van der Waals surface area contributed by atoms with E-state index in [0.717, 1.165) is 17.5 Å². The number of halogens is 2. The summed E-state index contributed by atoms with van der Waals surface area (Å²) in [7, 11) is 1.33. The predicted octanol–water partition coefficient (Wildman–Crippen LogP) is 4.49. The summed E-state index contributed by atoms with van der Waals surface area (Å²) in [6, 6.07) is 11.9. The molecule has 0 saturated carbocycles. The lowest BCUT2D eigenvalue weighted by atomic mass is 10.0. The summed E-state index contributed by atoms with van der Waals surface area (Å²) < 4.78 is 34.1. The zero-order valence-corrected chi connectivity index (χ0v) is 14.4. The maximum atomic E-state index is 12.5. The average Bonchev–Trinajstić information content (AvgIpc) is 2.60. The summed E-state index contributed by atoms with van der Waals surface area (Å²) in [5.74, 6) is -0.342. The number of benzene rings is 2. The van der Waals surface area contributed by atoms with Crippen molar-refractivity contribution in [2.45, 2.75) is 32.9 Å². The van der Waals surface area contributed by atoms with Crippen LogP contribution in [0.5, 0.6) is 11.5 Å². The van der Waals surface area contributed by atoms with Crippen molar-refractivity contribution < 1.29 is 23.0 Å². The van der Waals surface area contributed by atoms with E-state index in [0.29, 0.717) is 5.56 Å². The fraction of sp³-hybridized carbons (Fsp3) is 0.316. The van der Waals surface area contributed by atoms with Crippen LogP contribution in [0.2, 0.25) is 0 Å². The zero-order chi connectivity index (χ0) is 18.4. The van der Waals surface area contributed by atoms with Crippen molar-refractivity contribution >= 4 is 5.91 Å². The minimum absolute atomic E-state index is 0.0799. The van der Waals surface area contributed by atoms with Crippen molar-refractivity contribution in [2.75, 3.05) is 7.11 Å². The van der Waals surface area contributed by atoms with E-state index in [2.05, 4.69) is 10.1 Å². The molecule has 1 amide bonds. The van der Waals surface area contributed by atoms with Gasteiger partial charge in [-0.2, -0.15) is 8.78 Å². The first-order valence-electron chi connectivity index (χ1n) is 7.94. The fourth-order valence-corrected chi connectivity index (χ4v) is 2.46. The molecule has 6 heteroatoms. The number of methoxy groups -OCH3 is 1. The Morgan fingerprint density at radius 1 is 1.12 bits per heavy atom. The van der Waals surface area contributed by atoms with Crippen LogP contribution in [0.4, 0.5) is 8.78 Å². The van der Waals surface area contributed by atoms with Crippen molar-refractivity contribution in [1.29, 1.82) is 0 Å². The molecular formula is C19H21F2NO3. The van der Waals surface area contributed by atoms with Gasteiger partial charge in [0.1, 0.15) is 0 Å². The number of carbonyl (C=O) groups excluding carboxylic acids is 1. The Bertz CT molecular complexity index is 717. The molecule has 2 aromatic carbocycles. The third-order valence-corrected chi connectivity index (χ3v) is 3.84. The van der Waals surface area contributed by atoms with Gasteiger partial charge in [0.15, 0.2) is 11.5 Å². The first kappa shape index (κ1) is 18.7. The van der Waals surface area contributed by atoms with Crippen LogP contribution >= 0.6 is 0 Å². The molecule has 0 aliphatic rings. The van der Waals surface area contributed by atoms with Crippen LogP contribution in [0.3, 0.4) is 0 Å². The highest BCUT2D eigenvalue weighted by Gasteiger charge is 2.17. The molecule has 0 unspecified atom stereocenters. The second kappa shape index (κ2) is 8.46. The summed E-state index contributed by atoms with van der Waals surface area (Å²) in [5.41, 5.74) is 2.46. The van der Waals surface area contributed by atoms with E-state index >= 15 is 0 Å². The van der Waals surface area contributed by atoms with E-state index in [1.165, 1.54) is 25.3 Å². The molecule has 4 nitrogen and oxygen atoms in total. The topological polar surface area (TPSA) is 47.6 Å². The Labute approximate surface area is 145 Å². The van der Waals surface area contributed by atoms with E-state index in [-0.39, 0.29) is 23.4 Å². The van der Waals surface area contributed by atoms with Gasteiger partial charge in [-0.25, -0.2) is 0 Å². The van der Waals surface area contributed by atoms with Crippen molar-refractivity contribution in [3.8, 4) is 11.5 Å². The van der Waals surface area contributed by atoms with Crippen LogP contribution in [0.1, 0.15) is 40.9 Å². The molecule has 134 valence electrons. The Kier molecular flexibility index (Phi) is 6.33. The van der Waals surface area contributed by atoms with Gasteiger partial charge in [0.2, 0.25) is 0 Å². The SMILES string of the molecule is CC[C@H](NC(=O)c1ccc(OC(F)F)c(OC)c1)c1ccc(C)cc1. The van der Waals surface area contributed by atoms with Crippen LogP contribution in [-0.4, -0.2) is 19.6 Å². The summed E-state index contributed by atoms with van der Waals surface area (Å²) in [4.78, 5) is 12.5. The molecular weight excluding hydrogens is 328 g/mol. The smallest absolute Gasteiger partial charge is 0.387 e. The maximum Gasteiger partial charge on any atom is 0.387 e. The van der Waals surface area contributed by atoms with Crippen LogP contribution < -0.4 is 14.8 Å². The van der Waals surface area contributed by atoms with Crippen LogP contribution in [0.15, 0.2) is 42.5 Å². The first-order chi connectivity index (χ1) is 11.9. The maximum absolute atomic E-state index is 12.5. The summed E-state index contributed by atoms with van der Waals surface area (Å²) >= 11 is 0. The number of alkyl halides is 2. The van der Waals surface area contributed by atoms with Crippen LogP contribution in [0, 0.1) is 6.92 Å². The van der Waals surface area contributed by atoms with Crippen LogP contribution in [-0.2, 0) is 0 Å². The van der Waals surface area contributed by atoms with Gasteiger partial charge in [0.25, 0.3) is 5.91 Å². The van der Waals surface area contributed by atoms with Crippen LogP contribution in [0.25, 0.3) is 0 Å². The number of rotatable bonds is 7. The van der Waals surface area contributed by atoms with Gasteiger partial charge >= 0.3 is 6.61 Å². The highest BCUT2D eigenvalue weighted by molar-refractivity contribution is 5.95. The second-order valence-corrected chi connectivity index (χ2v) is 5.59. The van der Waals surface area contributed by atoms with Gasteiger partial charge in [-0.05, 0) is 37.1 Å². The number of aryl methyl sites for hydroxylation is 1. The summed E-state index contributed by atoms with van der Waals surface area (Å²) in [6.07, 6.45) is 0.721. The van der Waals surface area contributed by atoms with Gasteiger partial charge < -0.3 is 14.8 Å². The van der Waals surface area contributed by atoms with Gasteiger partial charge in [-0.1, -0.05) is 36.8 Å². The minimum Gasteiger partial charge on any atom is -0.493 e. The lowest BCUT2D eigenvalue weighted by molar-refractivity contribution is -0.0512. The van der Waals surface area contributed by atoms with Gasteiger partial charge in [0, 0.05) is 5.56 Å². The number of hydrogen-bond acceptors (Lipinski definition) is 3. The summed E-state index contributed by atoms with van der Waals surface area (Å²) in [6.45, 7) is 1.02. The van der Waals surface area contributed by atoms with E-state index in [4.69, 9.17) is 4.74 Å². The normalized spacial score (nSPS) is 11.9. The molecule has 0 saturated heterocycles. The largest absolute Gasteiger partial charge is 0.493 e. The molecule has 25 heavy (non-hydrogen) atoms. The Morgan fingerprint density at radius 2 is 1.80 bits per heavy atom. The van der Waals surface area contributed by atoms with Crippen molar-refractivity contribution in [1.82, 2.24) is 5.32 Å². The third kappa shape index (κ3) is 4.92. The number of nitrogens with one attached hydrogen (secondary N) is 1. The molecule has 0 fully saturated rings. The molecule has 0 aliphatic carbocycles. The first-order valence-corrected chi connectivity index (χ1v) is 7.94. The molecule has 0 heterocycles. The summed E-state index contributed by atoms with van der Waals surface area (Å²) in [5, 5.41) is 2.95. The molecule has 2 aromatic rings. The molecule has 1 N–H and O–H groups in total. The highest BCUT2D eigenvalue weighted by atomic mass is 19.3. The molecule has 2 rings (SSSR count). The molecule has 0 aromatic heterocycles. The molecule has 1 atom stereocenters. The zero-order valence-electron chi connectivity index (χ0n) is 14.4. The second-order valence-electron chi connectivity index (χ2n) is 5.59. The van der Waals surface area contributed by atoms with E-state index in [9.17, 15) is 13.6 Å². The fourth-order valence-electron chi connectivity index (χ4n) is 2.46. The molecule has 0 radical (unpaired) electrons. The van der Waals surface area contributed by atoms with E-state index in [1.54, 1.807) is 0 Å². The Balaban J connectivity index is 2.17. The molecule has 0 aliphatic heterocycles. The number of hydrogen-bond donors (Lipinski definition) is 1. The number of carbonyl (C=O) groups is 1. The van der Waals surface area contributed by atoms with Gasteiger partial charge in [0.05, 0.1) is 13.2 Å². The van der Waals surface area contributed by atoms with Gasteiger partial charge in [-0.15, -0.1) is 0 Å². The molecule has 0 bridgehead atoms. The van der Waals surface area contributed by atoms with Crippen molar-refractivity contribution in [3.05, 3.63) is 59.2 Å². The Hall–Kier alpha value is -2.63. The lowest BCUT2D eigenvalue weighted by Crippen LogP contribution is -2.28. The predicted molar refractivity (Wildman–Crippen MR) is 91.3 cm³/mol. The number of ether oxygens (including phenoxy) is 2. The highest BCUT2D eigenvalue weighted by Crippen LogP contribution is 2.29. The van der Waals surface area contributed by atoms with E-state index < -0.39 is 6.61 Å². The standard InChI is InChI=1S/C19H21F2NO3/c1-4-15(13-7-5-12(2)6-8-13)22-18(23)14-9-10-16(25-19(20)21)17(11-14)24-3/h5-11,15,19H,4H2,1-3H3,(H,22,23)/t15-/m0/s1. The molecule has 0 spiro atoms. The van der Waals surface area contributed by atoms with E-state index in [1.807, 2.05) is 38.1 Å².